The van der Waals surface area contributed by atoms with Crippen LogP contribution >= 0.6 is 15.9 Å². The minimum absolute atomic E-state index is 0.255. The van der Waals surface area contributed by atoms with Gasteiger partial charge >= 0.3 is 0 Å². The van der Waals surface area contributed by atoms with Gasteiger partial charge in [-0.05, 0) is 6.92 Å². The van der Waals surface area contributed by atoms with E-state index in [1.807, 2.05) is 7.05 Å². The van der Waals surface area contributed by atoms with Gasteiger partial charge in [0, 0.05) is 20.1 Å². The van der Waals surface area contributed by atoms with Crippen LogP contribution < -0.4 is 0 Å². The van der Waals surface area contributed by atoms with E-state index in [2.05, 4.69) is 32.7 Å². The van der Waals surface area contributed by atoms with Crippen LogP contribution in [0.2, 0.25) is 0 Å². The molecule has 1 aliphatic rings. The maximum Gasteiger partial charge on any atom is 0.115 e. The maximum absolute atomic E-state index is 5.40. The molecule has 0 bridgehead atoms. The molecule has 1 unspecified atom stereocenters. The van der Waals surface area contributed by atoms with Crippen molar-refractivity contribution in [3.63, 3.8) is 0 Å². The van der Waals surface area contributed by atoms with Gasteiger partial charge in [0.05, 0.1) is 18.0 Å². The van der Waals surface area contributed by atoms with E-state index in [0.29, 0.717) is 0 Å². The van der Waals surface area contributed by atoms with Gasteiger partial charge in [-0.2, -0.15) is 0 Å². The largest absolute Gasteiger partial charge is 0.378 e. The summed E-state index contributed by atoms with van der Waals surface area (Å²) in [5.74, 6) is 1.11. The number of hydrogen-bond donors (Lipinski definition) is 0. The molecule has 1 saturated heterocycles. The third kappa shape index (κ3) is 2.20. The molecule has 1 heterocycles. The molecule has 3 nitrogen and oxygen atoms in total. The van der Waals surface area contributed by atoms with Gasteiger partial charge in [-0.1, -0.05) is 15.9 Å². The Balaban J connectivity index is 2.70. The Morgan fingerprint density at radius 1 is 1.75 bits per heavy atom. The Bertz CT molecular complexity index is 172. The highest BCUT2D eigenvalue weighted by molar-refractivity contribution is 9.10. The monoisotopic (exact) mass is 234 g/mol. The molecular formula is C8H15BrN2O. The van der Waals surface area contributed by atoms with Crippen molar-refractivity contribution in [2.75, 3.05) is 33.4 Å². The smallest absolute Gasteiger partial charge is 0.115 e. The zero-order chi connectivity index (χ0) is 8.97. The van der Waals surface area contributed by atoms with Crippen LogP contribution in [-0.2, 0) is 4.74 Å². The van der Waals surface area contributed by atoms with Crippen LogP contribution in [0.25, 0.3) is 0 Å². The molecule has 1 aliphatic heterocycles. The molecule has 0 amide bonds. The predicted molar refractivity (Wildman–Crippen MR) is 54.1 cm³/mol. The number of amidine groups is 1. The summed E-state index contributed by atoms with van der Waals surface area (Å²) in [4.78, 5) is 6.75. The lowest BCUT2D eigenvalue weighted by atomic mass is 10.3. The van der Waals surface area contributed by atoms with Crippen LogP contribution in [-0.4, -0.2) is 48.9 Å². The first-order valence-electron chi connectivity index (χ1n) is 4.23. The van der Waals surface area contributed by atoms with Crippen molar-refractivity contribution in [1.29, 1.82) is 0 Å². The molecule has 1 fully saturated rings. The third-order valence-corrected chi connectivity index (χ3v) is 2.66. The SMILES string of the molecule is CCN1CCOCC(Br)/C1=N/C. The molecule has 12 heavy (non-hydrogen) atoms. The lowest BCUT2D eigenvalue weighted by Gasteiger charge is -2.23. The number of halogens is 1. The van der Waals surface area contributed by atoms with Crippen molar-refractivity contribution < 1.29 is 4.74 Å². The highest BCUT2D eigenvalue weighted by atomic mass is 79.9. The van der Waals surface area contributed by atoms with Gasteiger partial charge in [0.15, 0.2) is 0 Å². The second-order valence-electron chi connectivity index (χ2n) is 2.70. The van der Waals surface area contributed by atoms with Crippen LogP contribution in [0.1, 0.15) is 6.92 Å². The van der Waals surface area contributed by atoms with E-state index in [4.69, 9.17) is 4.74 Å². The van der Waals surface area contributed by atoms with E-state index in [9.17, 15) is 0 Å². The number of nitrogens with zero attached hydrogens (tertiary/aromatic N) is 2. The van der Waals surface area contributed by atoms with E-state index in [0.717, 1.165) is 32.1 Å². The average molecular weight is 235 g/mol. The molecule has 1 rings (SSSR count). The lowest BCUT2D eigenvalue weighted by Crippen LogP contribution is -2.36. The number of ether oxygens (including phenoxy) is 1. The third-order valence-electron chi connectivity index (χ3n) is 1.98. The second kappa shape index (κ2) is 4.82. The van der Waals surface area contributed by atoms with Gasteiger partial charge in [0.1, 0.15) is 5.84 Å². The number of aliphatic imine (C=N–C) groups is 1. The zero-order valence-corrected chi connectivity index (χ0v) is 9.17. The normalized spacial score (nSPS) is 29.1. The number of rotatable bonds is 1. The molecule has 0 aliphatic carbocycles. The van der Waals surface area contributed by atoms with Crippen molar-refractivity contribution in [2.45, 2.75) is 11.8 Å². The van der Waals surface area contributed by atoms with Crippen molar-refractivity contribution in [3.8, 4) is 0 Å². The fourth-order valence-electron chi connectivity index (χ4n) is 1.35. The van der Waals surface area contributed by atoms with Crippen molar-refractivity contribution in [1.82, 2.24) is 4.90 Å². The van der Waals surface area contributed by atoms with E-state index in [1.54, 1.807) is 0 Å². The number of hydrogen-bond acceptors (Lipinski definition) is 2. The maximum atomic E-state index is 5.40. The molecule has 0 aromatic heterocycles. The van der Waals surface area contributed by atoms with Crippen LogP contribution in [0.15, 0.2) is 4.99 Å². The Kier molecular flexibility index (Phi) is 4.01. The molecule has 0 saturated carbocycles. The summed E-state index contributed by atoms with van der Waals surface area (Å²) in [6, 6.07) is 0. The summed E-state index contributed by atoms with van der Waals surface area (Å²) in [7, 11) is 1.83. The Labute approximate surface area is 81.9 Å². The standard InChI is InChI=1S/C8H15BrN2O/c1-3-11-4-5-12-6-7(9)8(11)10-2/h7H,3-6H2,1-2H3/b10-8-. The van der Waals surface area contributed by atoms with Gasteiger partial charge in [-0.3, -0.25) is 4.99 Å². The summed E-state index contributed by atoms with van der Waals surface area (Å²) in [6.07, 6.45) is 0. The van der Waals surface area contributed by atoms with Gasteiger partial charge in [-0.25, -0.2) is 0 Å². The van der Waals surface area contributed by atoms with Crippen LogP contribution in [0, 0.1) is 0 Å². The number of alkyl halides is 1. The van der Waals surface area contributed by atoms with Gasteiger partial charge in [-0.15, -0.1) is 0 Å². The fourth-order valence-corrected chi connectivity index (χ4v) is 2.03. The van der Waals surface area contributed by atoms with Gasteiger partial charge in [0.2, 0.25) is 0 Å². The molecule has 4 heteroatoms. The van der Waals surface area contributed by atoms with Crippen LogP contribution in [0.3, 0.4) is 0 Å². The van der Waals surface area contributed by atoms with E-state index < -0.39 is 0 Å². The van der Waals surface area contributed by atoms with E-state index in [1.165, 1.54) is 0 Å². The zero-order valence-electron chi connectivity index (χ0n) is 7.59. The summed E-state index contributed by atoms with van der Waals surface area (Å²) in [5, 5.41) is 0. The Hall–Kier alpha value is -0.0900. The first-order chi connectivity index (χ1) is 5.79. The average Bonchev–Trinajstić information content (AvgIpc) is 2.26. The van der Waals surface area contributed by atoms with Crippen LogP contribution in [0.5, 0.6) is 0 Å². The van der Waals surface area contributed by atoms with Crippen molar-refractivity contribution in [2.24, 2.45) is 4.99 Å². The topological polar surface area (TPSA) is 24.8 Å². The Morgan fingerprint density at radius 3 is 3.08 bits per heavy atom. The molecular weight excluding hydrogens is 220 g/mol. The lowest BCUT2D eigenvalue weighted by molar-refractivity contribution is 0.145. The molecule has 0 N–H and O–H groups in total. The molecule has 1 atom stereocenters. The van der Waals surface area contributed by atoms with Crippen LogP contribution in [0.4, 0.5) is 0 Å². The first-order valence-corrected chi connectivity index (χ1v) is 5.14. The Morgan fingerprint density at radius 2 is 2.50 bits per heavy atom. The summed E-state index contributed by atoms with van der Waals surface area (Å²) in [5.41, 5.74) is 0. The molecule has 0 radical (unpaired) electrons. The number of likely N-dealkylation sites (N-methyl/N-ethyl adjacent to an activating group) is 1. The molecule has 0 aromatic rings. The minimum atomic E-state index is 0.255. The highest BCUT2D eigenvalue weighted by Crippen LogP contribution is 2.10. The first kappa shape index (κ1) is 9.99. The molecule has 0 spiro atoms. The van der Waals surface area contributed by atoms with Gasteiger partial charge < -0.3 is 9.64 Å². The highest BCUT2D eigenvalue weighted by Gasteiger charge is 2.20. The van der Waals surface area contributed by atoms with E-state index >= 15 is 0 Å². The van der Waals surface area contributed by atoms with Gasteiger partial charge in [0.25, 0.3) is 0 Å². The fraction of sp³-hybridized carbons (Fsp3) is 0.875. The second-order valence-corrected chi connectivity index (χ2v) is 3.81. The summed E-state index contributed by atoms with van der Waals surface area (Å²) < 4.78 is 5.40. The van der Waals surface area contributed by atoms with E-state index in [-0.39, 0.29) is 4.83 Å². The quantitative estimate of drug-likeness (QED) is 0.636. The molecule has 70 valence electrons. The van der Waals surface area contributed by atoms with Crippen molar-refractivity contribution in [3.05, 3.63) is 0 Å². The summed E-state index contributed by atoms with van der Waals surface area (Å²) >= 11 is 3.55. The predicted octanol–water partition coefficient (Wildman–Crippen LogP) is 1.13. The molecule has 0 aromatic carbocycles. The minimum Gasteiger partial charge on any atom is -0.378 e. The van der Waals surface area contributed by atoms with Crippen molar-refractivity contribution >= 4 is 21.8 Å². The summed E-state index contributed by atoms with van der Waals surface area (Å²) in [6.45, 7) is 5.61.